The number of amides is 1. The van der Waals surface area contributed by atoms with Crippen LogP contribution in [0.1, 0.15) is 30.9 Å². The molecular formula is C25H28N2O5. The summed E-state index contributed by atoms with van der Waals surface area (Å²) < 4.78 is 0. The van der Waals surface area contributed by atoms with Gasteiger partial charge >= 0.3 is 11.9 Å². The van der Waals surface area contributed by atoms with Crippen LogP contribution in [0.2, 0.25) is 0 Å². The van der Waals surface area contributed by atoms with Gasteiger partial charge in [-0.15, -0.1) is 0 Å². The van der Waals surface area contributed by atoms with Gasteiger partial charge in [0.1, 0.15) is 12.1 Å². The van der Waals surface area contributed by atoms with Gasteiger partial charge in [0.25, 0.3) is 0 Å². The number of carbonyl (C=O) groups excluding carboxylic acids is 1. The van der Waals surface area contributed by atoms with Crippen LogP contribution in [0.3, 0.4) is 0 Å². The van der Waals surface area contributed by atoms with E-state index in [1.165, 1.54) is 4.90 Å². The van der Waals surface area contributed by atoms with Gasteiger partial charge in [0.2, 0.25) is 5.91 Å². The molecule has 1 aliphatic rings. The molecule has 1 aliphatic heterocycles. The fourth-order valence-electron chi connectivity index (χ4n) is 3.95. The number of carbonyl (C=O) groups is 3. The van der Waals surface area contributed by atoms with E-state index in [0.29, 0.717) is 12.8 Å². The quantitative estimate of drug-likeness (QED) is 0.558. The molecule has 3 atom stereocenters. The highest BCUT2D eigenvalue weighted by atomic mass is 16.4. The Morgan fingerprint density at radius 1 is 1.06 bits per heavy atom. The molecule has 7 heteroatoms. The summed E-state index contributed by atoms with van der Waals surface area (Å²) >= 11 is 0. The van der Waals surface area contributed by atoms with Crippen molar-refractivity contribution in [3.63, 3.8) is 0 Å². The zero-order chi connectivity index (χ0) is 23.1. The lowest BCUT2D eigenvalue weighted by atomic mass is 10.0. The zero-order valence-corrected chi connectivity index (χ0v) is 18.0. The van der Waals surface area contributed by atoms with Crippen molar-refractivity contribution in [3.05, 3.63) is 77.4 Å². The maximum atomic E-state index is 13.1. The molecule has 32 heavy (non-hydrogen) atoms. The Bertz CT molecular complexity index is 974. The summed E-state index contributed by atoms with van der Waals surface area (Å²) in [4.78, 5) is 37.9. The van der Waals surface area contributed by atoms with Gasteiger partial charge in [0.05, 0.1) is 6.04 Å². The van der Waals surface area contributed by atoms with E-state index in [-0.39, 0.29) is 13.0 Å². The SMILES string of the molecule is C[C@H](NC(CCc1ccccc1)C(=O)O)C(=O)N1CC(=Cc2ccccc2)C[C@H]1C(=O)O. The van der Waals surface area contributed by atoms with E-state index in [1.54, 1.807) is 6.92 Å². The standard InChI is InChI=1S/C25H28N2O5/c1-17(26-21(24(29)30)13-12-18-8-4-2-5-9-18)23(28)27-16-20(15-22(27)25(31)32)14-19-10-6-3-7-11-19/h2-11,14,17,21-22,26H,12-13,15-16H2,1H3,(H,29,30)(H,31,32)/t17-,21?,22-/m0/s1. The second-order valence-corrected chi connectivity index (χ2v) is 8.04. The minimum atomic E-state index is -1.07. The van der Waals surface area contributed by atoms with Crippen LogP contribution < -0.4 is 5.32 Å². The monoisotopic (exact) mass is 436 g/mol. The van der Waals surface area contributed by atoms with Crippen LogP contribution in [0, 0.1) is 0 Å². The molecule has 2 aromatic rings. The number of hydrogen-bond donors (Lipinski definition) is 3. The summed E-state index contributed by atoms with van der Waals surface area (Å²) in [5.74, 6) is -2.53. The molecule has 1 amide bonds. The number of aryl methyl sites for hydroxylation is 1. The summed E-state index contributed by atoms with van der Waals surface area (Å²) in [5.41, 5.74) is 2.81. The first kappa shape index (κ1) is 23.2. The number of nitrogens with zero attached hydrogens (tertiary/aromatic N) is 1. The van der Waals surface area contributed by atoms with Gasteiger partial charge in [0.15, 0.2) is 0 Å². The van der Waals surface area contributed by atoms with Crippen molar-refractivity contribution in [2.45, 2.75) is 44.3 Å². The molecule has 2 aromatic carbocycles. The summed E-state index contributed by atoms with van der Waals surface area (Å²) in [6.07, 6.45) is 3.02. The van der Waals surface area contributed by atoms with Crippen LogP contribution in [-0.4, -0.2) is 57.6 Å². The molecule has 0 saturated carbocycles. The molecule has 1 fully saturated rings. The lowest BCUT2D eigenvalue weighted by molar-refractivity contribution is -0.149. The minimum absolute atomic E-state index is 0.207. The van der Waals surface area contributed by atoms with Gasteiger partial charge in [-0.25, -0.2) is 4.79 Å². The average molecular weight is 437 g/mol. The predicted octanol–water partition coefficient (Wildman–Crippen LogP) is 2.82. The normalized spacial score (nSPS) is 19.0. The number of hydrogen-bond acceptors (Lipinski definition) is 4. The fraction of sp³-hybridized carbons (Fsp3) is 0.320. The highest BCUT2D eigenvalue weighted by molar-refractivity contribution is 5.89. The molecule has 0 aromatic heterocycles. The van der Waals surface area contributed by atoms with Crippen molar-refractivity contribution in [1.82, 2.24) is 10.2 Å². The smallest absolute Gasteiger partial charge is 0.326 e. The molecule has 1 saturated heterocycles. The predicted molar refractivity (Wildman–Crippen MR) is 121 cm³/mol. The van der Waals surface area contributed by atoms with E-state index in [4.69, 9.17) is 0 Å². The summed E-state index contributed by atoms with van der Waals surface area (Å²) in [6.45, 7) is 1.79. The highest BCUT2D eigenvalue weighted by Crippen LogP contribution is 2.26. The first-order valence-corrected chi connectivity index (χ1v) is 10.7. The van der Waals surface area contributed by atoms with Crippen LogP contribution >= 0.6 is 0 Å². The third-order valence-corrected chi connectivity index (χ3v) is 5.63. The molecule has 168 valence electrons. The van der Waals surface area contributed by atoms with Crippen LogP contribution in [0.25, 0.3) is 6.08 Å². The maximum Gasteiger partial charge on any atom is 0.326 e. The third-order valence-electron chi connectivity index (χ3n) is 5.63. The van der Waals surface area contributed by atoms with Crippen molar-refractivity contribution in [2.75, 3.05) is 6.54 Å². The minimum Gasteiger partial charge on any atom is -0.480 e. The van der Waals surface area contributed by atoms with E-state index in [1.807, 2.05) is 66.7 Å². The van der Waals surface area contributed by atoms with Crippen LogP contribution in [0.5, 0.6) is 0 Å². The Labute approximate surface area is 187 Å². The number of aliphatic carboxylic acids is 2. The first-order valence-electron chi connectivity index (χ1n) is 10.7. The van der Waals surface area contributed by atoms with Crippen molar-refractivity contribution >= 4 is 23.9 Å². The van der Waals surface area contributed by atoms with Gasteiger partial charge in [0, 0.05) is 13.0 Å². The Morgan fingerprint density at radius 2 is 1.69 bits per heavy atom. The Balaban J connectivity index is 1.67. The molecule has 1 unspecified atom stereocenters. The maximum absolute atomic E-state index is 13.1. The van der Waals surface area contributed by atoms with E-state index in [2.05, 4.69) is 5.32 Å². The second kappa shape index (κ2) is 10.7. The number of benzene rings is 2. The molecule has 0 radical (unpaired) electrons. The highest BCUT2D eigenvalue weighted by Gasteiger charge is 2.39. The molecular weight excluding hydrogens is 408 g/mol. The number of nitrogens with one attached hydrogen (secondary N) is 1. The Morgan fingerprint density at radius 3 is 2.28 bits per heavy atom. The zero-order valence-electron chi connectivity index (χ0n) is 18.0. The van der Waals surface area contributed by atoms with E-state index < -0.39 is 36.0 Å². The first-order chi connectivity index (χ1) is 15.3. The Hall–Kier alpha value is -3.45. The molecule has 0 aliphatic carbocycles. The number of carboxylic acids is 2. The largest absolute Gasteiger partial charge is 0.480 e. The summed E-state index contributed by atoms with van der Waals surface area (Å²) in [5, 5.41) is 22.1. The van der Waals surface area contributed by atoms with Gasteiger partial charge in [-0.05, 0) is 36.5 Å². The van der Waals surface area contributed by atoms with Crippen LogP contribution in [-0.2, 0) is 20.8 Å². The van der Waals surface area contributed by atoms with Gasteiger partial charge in [-0.2, -0.15) is 0 Å². The van der Waals surface area contributed by atoms with Crippen LogP contribution in [0.4, 0.5) is 0 Å². The Kier molecular flexibility index (Phi) is 7.78. The topological polar surface area (TPSA) is 107 Å². The van der Waals surface area contributed by atoms with E-state index >= 15 is 0 Å². The molecule has 3 rings (SSSR count). The molecule has 7 nitrogen and oxygen atoms in total. The van der Waals surface area contributed by atoms with Crippen molar-refractivity contribution < 1.29 is 24.6 Å². The van der Waals surface area contributed by atoms with Gasteiger partial charge in [-0.3, -0.25) is 14.9 Å². The molecule has 3 N–H and O–H groups in total. The summed E-state index contributed by atoms with van der Waals surface area (Å²) in [6, 6.07) is 16.4. The molecule has 0 spiro atoms. The molecule has 1 heterocycles. The van der Waals surface area contributed by atoms with Crippen molar-refractivity contribution in [2.24, 2.45) is 0 Å². The van der Waals surface area contributed by atoms with Crippen molar-refractivity contribution in [1.29, 1.82) is 0 Å². The third kappa shape index (κ3) is 6.04. The second-order valence-electron chi connectivity index (χ2n) is 8.04. The lowest BCUT2D eigenvalue weighted by Crippen LogP contribution is -2.53. The van der Waals surface area contributed by atoms with Gasteiger partial charge in [-0.1, -0.05) is 66.7 Å². The van der Waals surface area contributed by atoms with E-state index in [0.717, 1.165) is 16.7 Å². The lowest BCUT2D eigenvalue weighted by Gasteiger charge is -2.27. The summed E-state index contributed by atoms with van der Waals surface area (Å²) in [7, 11) is 0. The fourth-order valence-corrected chi connectivity index (χ4v) is 3.95. The van der Waals surface area contributed by atoms with Crippen molar-refractivity contribution in [3.8, 4) is 0 Å². The van der Waals surface area contributed by atoms with Crippen LogP contribution in [0.15, 0.2) is 66.2 Å². The van der Waals surface area contributed by atoms with Gasteiger partial charge < -0.3 is 15.1 Å². The average Bonchev–Trinajstić information content (AvgIpc) is 3.21. The number of rotatable bonds is 9. The number of carboxylic acid groups (broad SMARTS) is 2. The van der Waals surface area contributed by atoms with E-state index in [9.17, 15) is 24.6 Å². The number of likely N-dealkylation sites (tertiary alicyclic amines) is 1. The molecule has 0 bridgehead atoms.